The van der Waals surface area contributed by atoms with Gasteiger partial charge in [0.25, 0.3) is 5.91 Å². The molecule has 1 unspecified atom stereocenters. The average Bonchev–Trinajstić information content (AvgIpc) is 2.93. The molecule has 1 saturated heterocycles. The van der Waals surface area contributed by atoms with Gasteiger partial charge in [0.2, 0.25) is 5.91 Å². The summed E-state index contributed by atoms with van der Waals surface area (Å²) in [5.41, 5.74) is 1.18. The largest absolute Gasteiger partial charge is 0.493 e. The van der Waals surface area contributed by atoms with Crippen LogP contribution in [0.5, 0.6) is 5.75 Å². The number of ether oxygens (including phenoxy) is 1. The molecule has 1 fully saturated rings. The molecule has 2 aromatic rings. The van der Waals surface area contributed by atoms with Crippen molar-refractivity contribution >= 4 is 23.5 Å². The number of carbonyl (C=O) groups excluding carboxylic acids is 3. The summed E-state index contributed by atoms with van der Waals surface area (Å²) in [5, 5.41) is 5.55. The van der Waals surface area contributed by atoms with Gasteiger partial charge in [0.1, 0.15) is 12.3 Å². The SMILES string of the molecule is CCc1cccc(NC(=O)CN2C(=O)NC3(CCOc4ccccc43)C2=O)c1. The number of anilines is 1. The van der Waals surface area contributed by atoms with Gasteiger partial charge in [0.05, 0.1) is 6.61 Å². The highest BCUT2D eigenvalue weighted by Crippen LogP contribution is 2.40. The van der Waals surface area contributed by atoms with E-state index in [1.165, 1.54) is 0 Å². The summed E-state index contributed by atoms with van der Waals surface area (Å²) in [6.07, 6.45) is 1.17. The van der Waals surface area contributed by atoms with Crippen LogP contribution in [0, 0.1) is 0 Å². The van der Waals surface area contributed by atoms with Crippen LogP contribution in [-0.4, -0.2) is 35.9 Å². The van der Waals surface area contributed by atoms with Gasteiger partial charge >= 0.3 is 6.03 Å². The lowest BCUT2D eigenvalue weighted by molar-refractivity contribution is -0.135. The van der Waals surface area contributed by atoms with Crippen LogP contribution < -0.4 is 15.4 Å². The highest BCUT2D eigenvalue weighted by molar-refractivity contribution is 6.10. The maximum Gasteiger partial charge on any atom is 0.325 e. The molecule has 0 aliphatic carbocycles. The molecule has 0 bridgehead atoms. The molecule has 4 amide bonds. The monoisotopic (exact) mass is 379 g/mol. The lowest BCUT2D eigenvalue weighted by Crippen LogP contribution is -2.48. The zero-order valence-electron chi connectivity index (χ0n) is 15.5. The van der Waals surface area contributed by atoms with Crippen LogP contribution in [0.1, 0.15) is 24.5 Å². The molecule has 1 atom stereocenters. The minimum Gasteiger partial charge on any atom is -0.493 e. The number of carbonyl (C=O) groups is 3. The van der Waals surface area contributed by atoms with Gasteiger partial charge in [-0.3, -0.25) is 14.5 Å². The Morgan fingerprint density at radius 1 is 1.21 bits per heavy atom. The second kappa shape index (κ2) is 6.99. The molecule has 0 radical (unpaired) electrons. The zero-order chi connectivity index (χ0) is 19.7. The van der Waals surface area contributed by atoms with Crippen molar-refractivity contribution in [1.82, 2.24) is 10.2 Å². The molecule has 2 aliphatic heterocycles. The maximum atomic E-state index is 13.2. The summed E-state index contributed by atoms with van der Waals surface area (Å²) >= 11 is 0. The third-order valence-corrected chi connectivity index (χ3v) is 5.18. The van der Waals surface area contributed by atoms with Gasteiger partial charge in [0, 0.05) is 17.7 Å². The van der Waals surface area contributed by atoms with E-state index in [1.54, 1.807) is 24.3 Å². The number of imide groups is 1. The third-order valence-electron chi connectivity index (χ3n) is 5.18. The van der Waals surface area contributed by atoms with Gasteiger partial charge in [-0.15, -0.1) is 0 Å². The first-order valence-electron chi connectivity index (χ1n) is 9.29. The number of amides is 4. The first-order valence-corrected chi connectivity index (χ1v) is 9.29. The molecular formula is C21H21N3O4. The van der Waals surface area contributed by atoms with E-state index in [9.17, 15) is 14.4 Å². The normalized spacial score (nSPS) is 20.5. The Kier molecular flexibility index (Phi) is 4.50. The molecule has 144 valence electrons. The van der Waals surface area contributed by atoms with Gasteiger partial charge in [-0.2, -0.15) is 0 Å². The molecule has 2 aromatic carbocycles. The van der Waals surface area contributed by atoms with E-state index in [4.69, 9.17) is 4.74 Å². The summed E-state index contributed by atoms with van der Waals surface area (Å²) in [6.45, 7) is 2.00. The van der Waals surface area contributed by atoms with Gasteiger partial charge in [-0.25, -0.2) is 4.79 Å². The summed E-state index contributed by atoms with van der Waals surface area (Å²) < 4.78 is 5.61. The first-order chi connectivity index (χ1) is 13.5. The van der Waals surface area contributed by atoms with Crippen LogP contribution in [0.2, 0.25) is 0 Å². The minimum absolute atomic E-state index is 0.312. The lowest BCUT2D eigenvalue weighted by Gasteiger charge is -2.33. The number of para-hydroxylation sites is 1. The average molecular weight is 379 g/mol. The van der Waals surface area contributed by atoms with Crippen LogP contribution in [0.3, 0.4) is 0 Å². The molecule has 7 heteroatoms. The molecule has 0 saturated carbocycles. The zero-order valence-corrected chi connectivity index (χ0v) is 15.5. The maximum absolute atomic E-state index is 13.2. The van der Waals surface area contributed by atoms with Crippen LogP contribution in [-0.2, 0) is 21.5 Å². The smallest absolute Gasteiger partial charge is 0.325 e. The summed E-state index contributed by atoms with van der Waals surface area (Å²) in [5.74, 6) is -0.273. The third kappa shape index (κ3) is 2.98. The van der Waals surface area contributed by atoms with Crippen LogP contribution >= 0.6 is 0 Å². The summed E-state index contributed by atoms with van der Waals surface area (Å²) in [4.78, 5) is 39.1. The molecule has 2 N–H and O–H groups in total. The number of nitrogens with one attached hydrogen (secondary N) is 2. The molecule has 2 heterocycles. The summed E-state index contributed by atoms with van der Waals surface area (Å²) in [6, 6.07) is 14.1. The number of urea groups is 1. The van der Waals surface area contributed by atoms with Crippen molar-refractivity contribution in [3.8, 4) is 5.75 Å². The fourth-order valence-corrected chi connectivity index (χ4v) is 3.73. The van der Waals surface area contributed by atoms with Crippen LogP contribution in [0.15, 0.2) is 48.5 Å². The Balaban J connectivity index is 1.53. The van der Waals surface area contributed by atoms with Gasteiger partial charge in [-0.1, -0.05) is 37.3 Å². The van der Waals surface area contributed by atoms with E-state index < -0.39 is 23.4 Å². The molecule has 1 spiro atoms. The number of rotatable bonds is 4. The molecular weight excluding hydrogens is 358 g/mol. The molecule has 28 heavy (non-hydrogen) atoms. The van der Waals surface area contributed by atoms with E-state index >= 15 is 0 Å². The van der Waals surface area contributed by atoms with E-state index in [1.807, 2.05) is 31.2 Å². The van der Waals surface area contributed by atoms with E-state index in [0.29, 0.717) is 30.0 Å². The number of nitrogens with zero attached hydrogens (tertiary/aromatic N) is 1. The minimum atomic E-state index is -1.17. The number of benzene rings is 2. The first kappa shape index (κ1) is 18.0. The second-order valence-electron chi connectivity index (χ2n) is 6.92. The topological polar surface area (TPSA) is 87.7 Å². The highest BCUT2D eigenvalue weighted by Gasteiger charge is 2.55. The van der Waals surface area contributed by atoms with Gasteiger partial charge in [-0.05, 0) is 30.2 Å². The number of hydrogen-bond donors (Lipinski definition) is 2. The second-order valence-corrected chi connectivity index (χ2v) is 6.92. The van der Waals surface area contributed by atoms with E-state index in [0.717, 1.165) is 16.9 Å². The molecule has 7 nitrogen and oxygen atoms in total. The van der Waals surface area contributed by atoms with Crippen molar-refractivity contribution < 1.29 is 19.1 Å². The Hall–Kier alpha value is -3.35. The number of hydrogen-bond acceptors (Lipinski definition) is 4. The van der Waals surface area contributed by atoms with Gasteiger partial charge < -0.3 is 15.4 Å². The number of aryl methyl sites for hydroxylation is 1. The van der Waals surface area contributed by atoms with Crippen molar-refractivity contribution in [2.45, 2.75) is 25.3 Å². The van der Waals surface area contributed by atoms with Crippen molar-refractivity contribution in [3.63, 3.8) is 0 Å². The molecule has 0 aromatic heterocycles. The Morgan fingerprint density at radius 3 is 2.86 bits per heavy atom. The summed E-state index contributed by atoms with van der Waals surface area (Å²) in [7, 11) is 0. The Bertz CT molecular complexity index is 958. The Morgan fingerprint density at radius 2 is 2.04 bits per heavy atom. The fourth-order valence-electron chi connectivity index (χ4n) is 3.73. The van der Waals surface area contributed by atoms with Crippen molar-refractivity contribution in [2.24, 2.45) is 0 Å². The highest BCUT2D eigenvalue weighted by atomic mass is 16.5. The quantitative estimate of drug-likeness (QED) is 0.799. The predicted molar refractivity (Wildman–Crippen MR) is 103 cm³/mol. The molecule has 4 rings (SSSR count). The number of fused-ring (bicyclic) bond motifs is 2. The van der Waals surface area contributed by atoms with E-state index in [2.05, 4.69) is 10.6 Å². The predicted octanol–water partition coefficient (Wildman–Crippen LogP) is 2.42. The molecule has 2 aliphatic rings. The van der Waals surface area contributed by atoms with E-state index in [-0.39, 0.29) is 6.54 Å². The van der Waals surface area contributed by atoms with Crippen LogP contribution in [0.4, 0.5) is 10.5 Å². The lowest BCUT2D eigenvalue weighted by atomic mass is 9.84. The van der Waals surface area contributed by atoms with Crippen molar-refractivity contribution in [3.05, 3.63) is 59.7 Å². The van der Waals surface area contributed by atoms with Crippen LogP contribution in [0.25, 0.3) is 0 Å². The van der Waals surface area contributed by atoms with Crippen molar-refractivity contribution in [2.75, 3.05) is 18.5 Å². The fraction of sp³-hybridized carbons (Fsp3) is 0.286. The Labute approximate surface area is 162 Å². The van der Waals surface area contributed by atoms with Crippen molar-refractivity contribution in [1.29, 1.82) is 0 Å². The standard InChI is InChI=1S/C21H21N3O4/c1-2-14-6-5-7-15(12-14)22-18(25)13-24-19(26)21(23-20(24)27)10-11-28-17-9-4-3-8-16(17)21/h3-9,12H,2,10-11,13H2,1H3,(H,22,25)(H,23,27). The van der Waals surface area contributed by atoms with Gasteiger partial charge in [0.15, 0.2) is 5.54 Å².